The lowest BCUT2D eigenvalue weighted by molar-refractivity contribution is -0.384. The molecule has 0 heterocycles. The van der Waals surface area contributed by atoms with E-state index in [1.54, 1.807) is 0 Å². The number of nitrogens with two attached hydrogens (primary N) is 1. The average molecular weight is 238 g/mol. The molecular weight excluding hydrogens is 224 g/mol. The molecule has 1 atom stereocenters. The fourth-order valence-electron chi connectivity index (χ4n) is 1.67. The Bertz CT molecular complexity index is 445. The number of benzene rings is 1. The van der Waals surface area contributed by atoms with Gasteiger partial charge >= 0.3 is 0 Å². The molecule has 0 saturated carbocycles. The molecular formula is C11H14N2O4. The van der Waals surface area contributed by atoms with Crippen LogP contribution >= 0.6 is 0 Å². The number of nitrogens with zero attached hydrogens (tertiary/aromatic N) is 1. The zero-order valence-corrected chi connectivity index (χ0v) is 9.42. The summed E-state index contributed by atoms with van der Waals surface area (Å²) in [5.74, 6) is -1.43. The fraction of sp³-hybridized carbons (Fsp3) is 0.364. The van der Waals surface area contributed by atoms with Gasteiger partial charge in [-0.3, -0.25) is 14.9 Å². The average Bonchev–Trinajstić information content (AvgIpc) is 2.26. The largest absolute Gasteiger partial charge is 0.508 e. The van der Waals surface area contributed by atoms with Crippen LogP contribution in [0.1, 0.15) is 31.2 Å². The van der Waals surface area contributed by atoms with Crippen molar-refractivity contribution < 1.29 is 14.8 Å². The number of phenols is 1. The molecule has 1 rings (SSSR count). The molecule has 0 bridgehead atoms. The number of rotatable bonds is 5. The van der Waals surface area contributed by atoms with Crippen molar-refractivity contribution in [2.24, 2.45) is 5.73 Å². The van der Waals surface area contributed by atoms with E-state index < -0.39 is 16.7 Å². The molecule has 6 heteroatoms. The fourth-order valence-corrected chi connectivity index (χ4v) is 1.67. The predicted octanol–water partition coefficient (Wildman–Crippen LogP) is 1.67. The first-order valence-corrected chi connectivity index (χ1v) is 5.24. The van der Waals surface area contributed by atoms with Crippen molar-refractivity contribution in [2.75, 3.05) is 0 Å². The molecule has 1 aromatic rings. The second kappa shape index (κ2) is 5.29. The Morgan fingerprint density at radius 1 is 1.59 bits per heavy atom. The van der Waals surface area contributed by atoms with Gasteiger partial charge in [-0.25, -0.2) is 0 Å². The van der Waals surface area contributed by atoms with Gasteiger partial charge in [-0.15, -0.1) is 0 Å². The first-order valence-electron chi connectivity index (χ1n) is 5.24. The Hall–Kier alpha value is -2.11. The van der Waals surface area contributed by atoms with E-state index in [0.717, 1.165) is 0 Å². The quantitative estimate of drug-likeness (QED) is 0.600. The minimum absolute atomic E-state index is 0.146. The molecule has 0 spiro atoms. The molecule has 0 radical (unpaired) electrons. The number of carbonyl (C=O) groups is 1. The van der Waals surface area contributed by atoms with E-state index in [1.165, 1.54) is 18.2 Å². The maximum atomic E-state index is 11.3. The Labute approximate surface area is 98.2 Å². The smallest absolute Gasteiger partial charge is 0.269 e. The van der Waals surface area contributed by atoms with Crippen LogP contribution in [0.5, 0.6) is 5.75 Å². The standard InChI is InChI=1S/C11H14N2O4/c1-2-3-8(11(12)15)9-6-7(13(16)17)4-5-10(9)14/h4-6,8,14H,2-3H2,1H3,(H2,12,15). The first-order chi connectivity index (χ1) is 7.97. The molecule has 0 saturated heterocycles. The van der Waals surface area contributed by atoms with Gasteiger partial charge in [0.1, 0.15) is 5.75 Å². The molecule has 0 aromatic heterocycles. The number of primary amides is 1. The molecule has 3 N–H and O–H groups in total. The highest BCUT2D eigenvalue weighted by molar-refractivity contribution is 5.83. The number of non-ortho nitro benzene ring substituents is 1. The van der Waals surface area contributed by atoms with E-state index in [2.05, 4.69) is 0 Å². The maximum absolute atomic E-state index is 11.3. The van der Waals surface area contributed by atoms with Crippen LogP contribution in [-0.4, -0.2) is 15.9 Å². The van der Waals surface area contributed by atoms with E-state index in [9.17, 15) is 20.0 Å². The number of hydrogen-bond acceptors (Lipinski definition) is 4. The minimum Gasteiger partial charge on any atom is -0.508 e. The van der Waals surface area contributed by atoms with E-state index in [4.69, 9.17) is 5.73 Å². The highest BCUT2D eigenvalue weighted by Crippen LogP contribution is 2.32. The Morgan fingerprint density at radius 3 is 2.71 bits per heavy atom. The second-order valence-electron chi connectivity index (χ2n) is 3.74. The minimum atomic E-state index is -0.695. The predicted molar refractivity (Wildman–Crippen MR) is 61.6 cm³/mol. The molecule has 1 amide bonds. The summed E-state index contributed by atoms with van der Waals surface area (Å²) in [7, 11) is 0. The lowest BCUT2D eigenvalue weighted by Gasteiger charge is -2.13. The van der Waals surface area contributed by atoms with Gasteiger partial charge in [0.15, 0.2) is 0 Å². The van der Waals surface area contributed by atoms with Crippen LogP contribution < -0.4 is 5.73 Å². The number of hydrogen-bond donors (Lipinski definition) is 2. The van der Waals surface area contributed by atoms with Crippen molar-refractivity contribution in [3.05, 3.63) is 33.9 Å². The van der Waals surface area contributed by atoms with Crippen molar-refractivity contribution in [1.82, 2.24) is 0 Å². The molecule has 0 fully saturated rings. The lowest BCUT2D eigenvalue weighted by atomic mass is 9.92. The van der Waals surface area contributed by atoms with Crippen molar-refractivity contribution in [2.45, 2.75) is 25.7 Å². The van der Waals surface area contributed by atoms with E-state index in [-0.39, 0.29) is 17.0 Å². The molecule has 1 unspecified atom stereocenters. The van der Waals surface area contributed by atoms with Gasteiger partial charge in [0.2, 0.25) is 5.91 Å². The number of phenolic OH excluding ortho intramolecular Hbond substituents is 1. The summed E-state index contributed by atoms with van der Waals surface area (Å²) in [6.45, 7) is 1.87. The maximum Gasteiger partial charge on any atom is 0.269 e. The van der Waals surface area contributed by atoms with Crippen LogP contribution in [-0.2, 0) is 4.79 Å². The van der Waals surface area contributed by atoms with Crippen molar-refractivity contribution >= 4 is 11.6 Å². The Balaban J connectivity index is 3.21. The zero-order valence-electron chi connectivity index (χ0n) is 9.42. The van der Waals surface area contributed by atoms with Gasteiger partial charge < -0.3 is 10.8 Å². The van der Waals surface area contributed by atoms with Gasteiger partial charge in [-0.2, -0.15) is 0 Å². The molecule has 92 valence electrons. The number of nitro benzene ring substituents is 1. The highest BCUT2D eigenvalue weighted by atomic mass is 16.6. The van der Waals surface area contributed by atoms with Gasteiger partial charge in [0.25, 0.3) is 5.69 Å². The molecule has 6 nitrogen and oxygen atoms in total. The van der Waals surface area contributed by atoms with Crippen LogP contribution in [0, 0.1) is 10.1 Å². The summed E-state index contributed by atoms with van der Waals surface area (Å²) in [4.78, 5) is 21.3. The summed E-state index contributed by atoms with van der Waals surface area (Å²) in [5.41, 5.74) is 5.28. The summed E-state index contributed by atoms with van der Waals surface area (Å²) in [5, 5.41) is 20.3. The summed E-state index contributed by atoms with van der Waals surface area (Å²) < 4.78 is 0. The molecule has 0 aliphatic rings. The van der Waals surface area contributed by atoms with Gasteiger partial charge in [-0.05, 0) is 12.5 Å². The Kier molecular flexibility index (Phi) is 4.03. The number of carbonyl (C=O) groups excluding carboxylic acids is 1. The first kappa shape index (κ1) is 13.0. The van der Waals surface area contributed by atoms with Gasteiger partial charge in [-0.1, -0.05) is 13.3 Å². The van der Waals surface area contributed by atoms with Crippen LogP contribution in [0.2, 0.25) is 0 Å². The van der Waals surface area contributed by atoms with Crippen LogP contribution in [0.3, 0.4) is 0 Å². The molecule has 17 heavy (non-hydrogen) atoms. The van der Waals surface area contributed by atoms with Crippen LogP contribution in [0.15, 0.2) is 18.2 Å². The zero-order chi connectivity index (χ0) is 13.0. The third kappa shape index (κ3) is 2.93. The third-order valence-electron chi connectivity index (χ3n) is 2.52. The number of nitro groups is 1. The van der Waals surface area contributed by atoms with Gasteiger partial charge in [0, 0.05) is 17.7 Å². The second-order valence-corrected chi connectivity index (χ2v) is 3.74. The highest BCUT2D eigenvalue weighted by Gasteiger charge is 2.22. The molecule has 0 aliphatic carbocycles. The Morgan fingerprint density at radius 2 is 2.24 bits per heavy atom. The van der Waals surface area contributed by atoms with E-state index in [0.29, 0.717) is 12.8 Å². The topological polar surface area (TPSA) is 106 Å². The summed E-state index contributed by atoms with van der Waals surface area (Å²) >= 11 is 0. The van der Waals surface area contributed by atoms with E-state index in [1.807, 2.05) is 6.92 Å². The number of amides is 1. The monoisotopic (exact) mass is 238 g/mol. The number of aromatic hydroxyl groups is 1. The van der Waals surface area contributed by atoms with E-state index >= 15 is 0 Å². The normalized spacial score (nSPS) is 12.1. The SMILES string of the molecule is CCCC(C(N)=O)c1cc([N+](=O)[O-])ccc1O. The van der Waals surface area contributed by atoms with Crippen molar-refractivity contribution in [1.29, 1.82) is 0 Å². The van der Waals surface area contributed by atoms with Crippen LogP contribution in [0.4, 0.5) is 5.69 Å². The molecule has 0 aliphatic heterocycles. The molecule has 1 aromatic carbocycles. The third-order valence-corrected chi connectivity index (χ3v) is 2.52. The lowest BCUT2D eigenvalue weighted by Crippen LogP contribution is -2.21. The van der Waals surface area contributed by atoms with Crippen LogP contribution in [0.25, 0.3) is 0 Å². The summed E-state index contributed by atoms with van der Waals surface area (Å²) in [6.07, 6.45) is 1.14. The van der Waals surface area contributed by atoms with Crippen molar-refractivity contribution in [3.63, 3.8) is 0 Å². The van der Waals surface area contributed by atoms with Crippen molar-refractivity contribution in [3.8, 4) is 5.75 Å². The van der Waals surface area contributed by atoms with Gasteiger partial charge in [0.05, 0.1) is 10.8 Å². The summed E-state index contributed by atoms with van der Waals surface area (Å²) in [6, 6.07) is 3.59.